The third-order valence-electron chi connectivity index (χ3n) is 2.19. The number of rotatable bonds is 4. The summed E-state index contributed by atoms with van der Waals surface area (Å²) in [6.45, 7) is 0. The number of carbonyl (C=O) groups is 2. The molecular weight excluding hydrogens is 268 g/mol. The van der Waals surface area contributed by atoms with Crippen LogP contribution in [-0.4, -0.2) is 31.2 Å². The molecule has 4 nitrogen and oxygen atoms in total. The van der Waals surface area contributed by atoms with E-state index in [0.717, 1.165) is 6.07 Å². The molecule has 1 aromatic carbocycles. The van der Waals surface area contributed by atoms with Gasteiger partial charge in [-0.15, -0.1) is 0 Å². The van der Waals surface area contributed by atoms with Crippen molar-refractivity contribution in [2.75, 3.05) is 12.4 Å². The molecule has 0 unspecified atom stereocenters. The van der Waals surface area contributed by atoms with Crippen molar-refractivity contribution in [3.63, 3.8) is 0 Å². The van der Waals surface area contributed by atoms with Crippen molar-refractivity contribution >= 4 is 17.5 Å². The van der Waals surface area contributed by atoms with E-state index in [2.05, 4.69) is 5.32 Å². The number of hydrogen-bond donors (Lipinski definition) is 2. The van der Waals surface area contributed by atoms with Crippen LogP contribution in [0.5, 0.6) is 0 Å². The Balaban J connectivity index is 2.89. The molecular formula is C11H10F4N2O2. The smallest absolute Gasteiger partial charge is 0.355 e. The molecule has 8 heteroatoms. The molecule has 0 aliphatic heterocycles. The topological polar surface area (TPSA) is 58.2 Å². The molecule has 0 saturated carbocycles. The molecule has 0 bridgehead atoms. The molecule has 2 amide bonds. The summed E-state index contributed by atoms with van der Waals surface area (Å²) in [4.78, 5) is 22.2. The lowest BCUT2D eigenvalue weighted by molar-refractivity contribution is -0.163. The van der Waals surface area contributed by atoms with E-state index in [-0.39, 0.29) is 11.3 Å². The van der Waals surface area contributed by atoms with Crippen LogP contribution in [0.15, 0.2) is 24.3 Å². The molecule has 0 radical (unpaired) electrons. The Kier molecular flexibility index (Phi) is 4.47. The first kappa shape index (κ1) is 14.9. The van der Waals surface area contributed by atoms with Crippen LogP contribution in [0.2, 0.25) is 0 Å². The lowest BCUT2D eigenvalue weighted by atomic mass is 10.2. The highest BCUT2D eigenvalue weighted by Gasteiger charge is 2.48. The fourth-order valence-corrected chi connectivity index (χ4v) is 1.20. The summed E-state index contributed by atoms with van der Waals surface area (Å²) in [6, 6.07) is 4.99. The van der Waals surface area contributed by atoms with Gasteiger partial charge in [-0.1, -0.05) is 6.07 Å². The molecule has 0 saturated heterocycles. The molecule has 0 aromatic heterocycles. The van der Waals surface area contributed by atoms with Gasteiger partial charge < -0.3 is 10.6 Å². The van der Waals surface area contributed by atoms with Gasteiger partial charge in [-0.05, 0) is 18.2 Å². The zero-order valence-corrected chi connectivity index (χ0v) is 9.72. The van der Waals surface area contributed by atoms with Gasteiger partial charge in [0.15, 0.2) is 0 Å². The Morgan fingerprint density at radius 2 is 1.89 bits per heavy atom. The summed E-state index contributed by atoms with van der Waals surface area (Å²) in [5, 5.41) is 3.92. The molecule has 0 aliphatic carbocycles. The quantitative estimate of drug-likeness (QED) is 0.826. The molecule has 2 N–H and O–H groups in total. The number of carbonyl (C=O) groups excluding carboxylic acids is 2. The van der Waals surface area contributed by atoms with Crippen molar-refractivity contribution in [1.82, 2.24) is 5.32 Å². The Morgan fingerprint density at radius 3 is 2.42 bits per heavy atom. The summed E-state index contributed by atoms with van der Waals surface area (Å²) in [6.07, 6.45) is -4.10. The summed E-state index contributed by atoms with van der Waals surface area (Å²) >= 11 is 0. The third-order valence-corrected chi connectivity index (χ3v) is 2.19. The first-order valence-electron chi connectivity index (χ1n) is 5.08. The van der Waals surface area contributed by atoms with Gasteiger partial charge in [0.1, 0.15) is 0 Å². The zero-order valence-electron chi connectivity index (χ0n) is 9.72. The molecule has 1 rings (SSSR count). The second kappa shape index (κ2) is 5.68. The van der Waals surface area contributed by atoms with E-state index in [0.29, 0.717) is 0 Å². The maximum absolute atomic E-state index is 12.7. The number of amides is 2. The lowest BCUT2D eigenvalue weighted by Crippen LogP contribution is -2.41. The van der Waals surface area contributed by atoms with Crippen LogP contribution < -0.4 is 10.6 Å². The maximum atomic E-state index is 12.7. The minimum Gasteiger partial charge on any atom is -0.355 e. The average molecular weight is 278 g/mol. The highest BCUT2D eigenvalue weighted by atomic mass is 19.3. The highest BCUT2D eigenvalue weighted by Crippen LogP contribution is 2.24. The Bertz CT molecular complexity index is 491. The molecule has 1 aromatic rings. The van der Waals surface area contributed by atoms with Crippen LogP contribution in [-0.2, 0) is 4.79 Å². The summed E-state index contributed by atoms with van der Waals surface area (Å²) in [5.74, 6) is -7.42. The molecule has 0 spiro atoms. The van der Waals surface area contributed by atoms with Gasteiger partial charge >= 0.3 is 18.3 Å². The standard InChI is InChI=1S/C11H10F4N2O2/c1-16-8(18)6-3-2-4-7(5-6)17-10(19)11(14,15)9(12)13/h2-5,9H,1H3,(H,16,18)(H,17,19). The van der Waals surface area contributed by atoms with Crippen LogP contribution in [0, 0.1) is 0 Å². The summed E-state index contributed by atoms with van der Waals surface area (Å²) in [5.41, 5.74) is -0.0768. The average Bonchev–Trinajstić information content (AvgIpc) is 2.37. The minimum atomic E-state index is -4.79. The third kappa shape index (κ3) is 3.43. The van der Waals surface area contributed by atoms with E-state index in [1.54, 1.807) is 5.32 Å². The number of halogens is 4. The van der Waals surface area contributed by atoms with Crippen molar-refractivity contribution < 1.29 is 27.2 Å². The maximum Gasteiger partial charge on any atom is 0.383 e. The molecule has 0 aliphatic rings. The van der Waals surface area contributed by atoms with Crippen LogP contribution in [0.1, 0.15) is 10.4 Å². The van der Waals surface area contributed by atoms with E-state index in [4.69, 9.17) is 0 Å². The number of anilines is 1. The van der Waals surface area contributed by atoms with Gasteiger partial charge in [-0.3, -0.25) is 9.59 Å². The molecule has 0 heterocycles. The fraction of sp³-hybridized carbons (Fsp3) is 0.273. The van der Waals surface area contributed by atoms with Crippen molar-refractivity contribution in [2.45, 2.75) is 12.3 Å². The van der Waals surface area contributed by atoms with Crippen LogP contribution >= 0.6 is 0 Å². The second-order valence-electron chi connectivity index (χ2n) is 3.54. The number of benzene rings is 1. The SMILES string of the molecule is CNC(=O)c1cccc(NC(=O)C(F)(F)C(F)F)c1. The molecule has 0 atom stereocenters. The van der Waals surface area contributed by atoms with Crippen LogP contribution in [0.25, 0.3) is 0 Å². The second-order valence-corrected chi connectivity index (χ2v) is 3.54. The Morgan fingerprint density at radius 1 is 1.26 bits per heavy atom. The monoisotopic (exact) mass is 278 g/mol. The van der Waals surface area contributed by atoms with E-state index >= 15 is 0 Å². The molecule has 104 valence electrons. The van der Waals surface area contributed by atoms with Gasteiger partial charge in [0.25, 0.3) is 5.91 Å². The van der Waals surface area contributed by atoms with Gasteiger partial charge in [0.05, 0.1) is 0 Å². The van der Waals surface area contributed by atoms with Crippen LogP contribution in [0.3, 0.4) is 0 Å². The molecule has 19 heavy (non-hydrogen) atoms. The normalized spacial score (nSPS) is 11.3. The van der Waals surface area contributed by atoms with Crippen molar-refractivity contribution in [3.8, 4) is 0 Å². The van der Waals surface area contributed by atoms with Crippen molar-refractivity contribution in [2.24, 2.45) is 0 Å². The zero-order chi connectivity index (χ0) is 14.6. The first-order chi connectivity index (χ1) is 8.78. The Hall–Kier alpha value is -2.12. The highest BCUT2D eigenvalue weighted by molar-refractivity contribution is 5.99. The number of alkyl halides is 4. The van der Waals surface area contributed by atoms with Crippen molar-refractivity contribution in [3.05, 3.63) is 29.8 Å². The van der Waals surface area contributed by atoms with Crippen LogP contribution in [0.4, 0.5) is 23.2 Å². The predicted molar refractivity (Wildman–Crippen MR) is 59.4 cm³/mol. The number of nitrogens with one attached hydrogen (secondary N) is 2. The van der Waals surface area contributed by atoms with Gasteiger partial charge in [-0.2, -0.15) is 8.78 Å². The molecule has 0 fully saturated rings. The van der Waals surface area contributed by atoms with Crippen molar-refractivity contribution in [1.29, 1.82) is 0 Å². The largest absolute Gasteiger partial charge is 0.383 e. The van der Waals surface area contributed by atoms with E-state index in [1.165, 1.54) is 25.2 Å². The number of hydrogen-bond acceptors (Lipinski definition) is 2. The Labute approximate surface area is 105 Å². The van der Waals surface area contributed by atoms with E-state index < -0.39 is 24.2 Å². The van der Waals surface area contributed by atoms with Gasteiger partial charge in [0, 0.05) is 18.3 Å². The fourth-order valence-electron chi connectivity index (χ4n) is 1.20. The van der Waals surface area contributed by atoms with Gasteiger partial charge in [-0.25, -0.2) is 8.78 Å². The minimum absolute atomic E-state index is 0.0978. The lowest BCUT2D eigenvalue weighted by Gasteiger charge is -2.15. The van der Waals surface area contributed by atoms with Gasteiger partial charge in [0.2, 0.25) is 0 Å². The predicted octanol–water partition coefficient (Wildman–Crippen LogP) is 1.89. The van der Waals surface area contributed by atoms with E-state index in [9.17, 15) is 27.2 Å². The van der Waals surface area contributed by atoms with E-state index in [1.807, 2.05) is 0 Å². The summed E-state index contributed by atoms with van der Waals surface area (Å²) < 4.78 is 49.3. The summed E-state index contributed by atoms with van der Waals surface area (Å²) in [7, 11) is 1.36. The first-order valence-corrected chi connectivity index (χ1v) is 5.08.